The van der Waals surface area contributed by atoms with E-state index in [-0.39, 0.29) is 36.2 Å². The van der Waals surface area contributed by atoms with E-state index in [4.69, 9.17) is 9.47 Å². The van der Waals surface area contributed by atoms with Crippen LogP contribution in [-0.4, -0.2) is 39.8 Å². The first kappa shape index (κ1) is 38.0. The molecule has 4 aromatic carbocycles. The molecule has 46 heavy (non-hydrogen) atoms. The Balaban J connectivity index is 1.70. The van der Waals surface area contributed by atoms with Gasteiger partial charge in [-0.3, -0.25) is 0 Å². The summed E-state index contributed by atoms with van der Waals surface area (Å²) in [5.41, 5.74) is 0.762. The molecule has 244 valence electrons. The summed E-state index contributed by atoms with van der Waals surface area (Å²) in [6, 6.07) is 13.8. The van der Waals surface area contributed by atoms with Crippen LogP contribution in [0.1, 0.15) is 36.1 Å². The number of phenolic OH excluding ortho intramolecular Hbond substituents is 4. The molecule has 0 bridgehead atoms. The van der Waals surface area contributed by atoms with Crippen LogP contribution in [0.5, 0.6) is 23.0 Å². The summed E-state index contributed by atoms with van der Waals surface area (Å²) in [5.74, 6) is 0.0511. The van der Waals surface area contributed by atoms with Crippen LogP contribution in [-0.2, 0) is 20.3 Å². The van der Waals surface area contributed by atoms with Gasteiger partial charge in [0, 0.05) is 0 Å². The summed E-state index contributed by atoms with van der Waals surface area (Å²) in [6.45, 7) is 3.36. The fraction of sp³-hybridized carbons (Fsp3) is 0.194. The third-order valence-corrected chi connectivity index (χ3v) is 12.4. The van der Waals surface area contributed by atoms with Crippen LogP contribution in [0, 0.1) is 0 Å². The van der Waals surface area contributed by atoms with Gasteiger partial charge in [0.2, 0.25) is 0 Å². The van der Waals surface area contributed by atoms with Gasteiger partial charge in [0.15, 0.2) is 0 Å². The minimum absolute atomic E-state index is 0.0128. The molecule has 15 heteroatoms. The van der Waals surface area contributed by atoms with Gasteiger partial charge in [0.05, 0.1) is 46.6 Å². The van der Waals surface area contributed by atoms with Crippen molar-refractivity contribution in [3.05, 3.63) is 107 Å². The van der Waals surface area contributed by atoms with Gasteiger partial charge in [-0.1, -0.05) is 0 Å². The minimum atomic E-state index is -0.987. The highest BCUT2D eigenvalue weighted by molar-refractivity contribution is 9.12. The number of rotatable bonds is 8. The number of ether oxygens (including phenoxy) is 2. The highest BCUT2D eigenvalue weighted by atomic mass is 79.9. The number of hydrogen-bond acceptors (Lipinski definition) is 7. The maximum atomic E-state index is 13.3. The van der Waals surface area contributed by atoms with Crippen LogP contribution in [0.2, 0.25) is 0 Å². The summed E-state index contributed by atoms with van der Waals surface area (Å²) in [5, 5.41) is 41.4. The molecule has 0 saturated carbocycles. The van der Waals surface area contributed by atoms with Gasteiger partial charge in [0.1, 0.15) is 36.2 Å². The SMILES string of the molecule is CC(COC(=O)OCC(C)(c1cc(Br)c(O)c(Br)c1)c1cc(Br)c(O)c(Br)c1)(c1cc(Br)c(O)c(Br)c1)c1cc(Br)c(O)c(Br)c1. The number of carbonyl (C=O) groups is 1. The maximum absolute atomic E-state index is 13.3. The Labute approximate surface area is 332 Å². The number of carbonyl (C=O) groups excluding carboxylic acids is 1. The highest BCUT2D eigenvalue weighted by Gasteiger charge is 2.36. The molecule has 4 N–H and O–H groups in total. The molecule has 7 nitrogen and oxygen atoms in total. The fourth-order valence-electron chi connectivity index (χ4n) is 4.65. The van der Waals surface area contributed by atoms with Crippen molar-refractivity contribution in [1.82, 2.24) is 0 Å². The molecule has 0 aliphatic rings. The lowest BCUT2D eigenvalue weighted by atomic mass is 9.77. The van der Waals surface area contributed by atoms with Crippen molar-refractivity contribution in [2.24, 2.45) is 0 Å². The van der Waals surface area contributed by atoms with Gasteiger partial charge in [0.25, 0.3) is 0 Å². The molecular formula is C31H22Br8O7. The van der Waals surface area contributed by atoms with E-state index in [1.165, 1.54) is 0 Å². The zero-order valence-electron chi connectivity index (χ0n) is 23.6. The second kappa shape index (κ2) is 15.0. The molecule has 0 unspecified atom stereocenters. The van der Waals surface area contributed by atoms with Gasteiger partial charge >= 0.3 is 6.16 Å². The smallest absolute Gasteiger partial charge is 0.506 e. The Hall–Kier alpha value is -0.810. The molecule has 0 atom stereocenters. The van der Waals surface area contributed by atoms with E-state index < -0.39 is 17.0 Å². The minimum Gasteiger partial charge on any atom is -0.506 e. The Morgan fingerprint density at radius 1 is 0.478 bits per heavy atom. The fourth-order valence-corrected chi connectivity index (χ4v) is 9.40. The molecule has 4 rings (SSSR count). The number of hydrogen-bond donors (Lipinski definition) is 4. The van der Waals surface area contributed by atoms with E-state index >= 15 is 0 Å². The van der Waals surface area contributed by atoms with Crippen molar-refractivity contribution in [3.8, 4) is 23.0 Å². The van der Waals surface area contributed by atoms with Gasteiger partial charge in [-0.25, -0.2) is 4.79 Å². The van der Waals surface area contributed by atoms with Crippen molar-refractivity contribution in [3.63, 3.8) is 0 Å². The zero-order valence-corrected chi connectivity index (χ0v) is 36.3. The van der Waals surface area contributed by atoms with Crippen LogP contribution in [0.4, 0.5) is 4.79 Å². The third kappa shape index (κ3) is 7.81. The zero-order chi connectivity index (χ0) is 34.3. The van der Waals surface area contributed by atoms with Crippen molar-refractivity contribution < 1.29 is 34.7 Å². The molecule has 0 saturated heterocycles. The molecule has 0 spiro atoms. The monoisotopic (exact) mass is 1140 g/mol. The first-order valence-electron chi connectivity index (χ1n) is 12.9. The summed E-state index contributed by atoms with van der Waals surface area (Å²) in [6.07, 6.45) is -0.944. The molecule has 0 aliphatic carbocycles. The van der Waals surface area contributed by atoms with E-state index in [2.05, 4.69) is 127 Å². The van der Waals surface area contributed by atoms with Crippen LogP contribution in [0.25, 0.3) is 0 Å². The Kier molecular flexibility index (Phi) is 12.4. The highest BCUT2D eigenvalue weighted by Crippen LogP contribution is 2.46. The number of benzene rings is 4. The molecule has 0 aromatic heterocycles. The first-order chi connectivity index (χ1) is 21.4. The Morgan fingerprint density at radius 2 is 0.652 bits per heavy atom. The lowest BCUT2D eigenvalue weighted by molar-refractivity contribution is 0.0353. The average molecular weight is 1150 g/mol. The molecule has 0 heterocycles. The van der Waals surface area contributed by atoms with Crippen LogP contribution < -0.4 is 0 Å². The van der Waals surface area contributed by atoms with Gasteiger partial charge in [-0.15, -0.1) is 0 Å². The number of phenols is 4. The third-order valence-electron chi connectivity index (χ3n) is 7.57. The van der Waals surface area contributed by atoms with E-state index in [0.29, 0.717) is 58.0 Å². The largest absolute Gasteiger partial charge is 0.508 e. The Morgan fingerprint density at radius 3 is 0.826 bits per heavy atom. The molecule has 0 aliphatic heterocycles. The quantitative estimate of drug-likeness (QED) is 0.130. The molecule has 0 radical (unpaired) electrons. The van der Waals surface area contributed by atoms with Crippen molar-refractivity contribution in [1.29, 1.82) is 0 Å². The lowest BCUT2D eigenvalue weighted by Crippen LogP contribution is -2.34. The van der Waals surface area contributed by atoms with Crippen LogP contribution in [0.15, 0.2) is 84.3 Å². The standard InChI is InChI=1S/C31H22Br8O7/c1-30(13-3-17(32)25(40)18(33)4-13,14-5-19(34)26(41)20(35)6-14)11-45-29(44)46-12-31(2,15-7-21(36)27(42)22(37)8-15)16-9-23(38)28(43)24(39)10-16/h3-10,40-43H,11-12H2,1-2H3. The molecule has 0 amide bonds. The first-order valence-corrected chi connectivity index (χ1v) is 19.3. The normalized spacial score (nSPS) is 11.9. The van der Waals surface area contributed by atoms with Gasteiger partial charge in [-0.05, 0) is 212 Å². The van der Waals surface area contributed by atoms with Gasteiger partial charge < -0.3 is 29.9 Å². The predicted molar refractivity (Wildman–Crippen MR) is 204 cm³/mol. The average Bonchev–Trinajstić information content (AvgIpc) is 3.00. The van der Waals surface area contributed by atoms with Crippen LogP contribution >= 0.6 is 127 Å². The molecular weight excluding hydrogens is 1120 g/mol. The topological polar surface area (TPSA) is 116 Å². The van der Waals surface area contributed by atoms with Crippen LogP contribution in [0.3, 0.4) is 0 Å². The second-order valence-corrected chi connectivity index (χ2v) is 17.5. The molecule has 0 fully saturated rings. The second-order valence-electron chi connectivity index (χ2n) is 10.6. The van der Waals surface area contributed by atoms with Gasteiger partial charge in [-0.2, -0.15) is 0 Å². The van der Waals surface area contributed by atoms with E-state index in [1.807, 2.05) is 13.8 Å². The summed E-state index contributed by atoms with van der Waals surface area (Å²) in [7, 11) is 0. The predicted octanol–water partition coefficient (Wildman–Crippen LogP) is 12.1. The summed E-state index contributed by atoms with van der Waals surface area (Å²) >= 11 is 27.1. The van der Waals surface area contributed by atoms with E-state index in [9.17, 15) is 25.2 Å². The van der Waals surface area contributed by atoms with E-state index in [0.717, 1.165) is 0 Å². The summed E-state index contributed by atoms with van der Waals surface area (Å²) < 4.78 is 15.0. The number of aromatic hydroxyl groups is 4. The summed E-state index contributed by atoms with van der Waals surface area (Å²) in [4.78, 5) is 13.3. The Bertz CT molecular complexity index is 1510. The van der Waals surface area contributed by atoms with Crippen molar-refractivity contribution >= 4 is 134 Å². The van der Waals surface area contributed by atoms with Crippen molar-refractivity contribution in [2.75, 3.05) is 13.2 Å². The lowest BCUT2D eigenvalue weighted by Gasteiger charge is -2.33. The maximum Gasteiger partial charge on any atom is 0.508 e. The van der Waals surface area contributed by atoms with Crippen molar-refractivity contribution in [2.45, 2.75) is 24.7 Å². The van der Waals surface area contributed by atoms with E-state index in [1.54, 1.807) is 48.5 Å². The molecule has 4 aromatic rings. The number of halogens is 8.